The van der Waals surface area contributed by atoms with E-state index in [1.165, 1.54) is 18.3 Å². The first-order chi connectivity index (χ1) is 17.5. The number of anilines is 1. The molecule has 1 aliphatic heterocycles. The molecule has 2 aliphatic rings. The van der Waals surface area contributed by atoms with E-state index in [0.717, 1.165) is 51.2 Å². The van der Waals surface area contributed by atoms with E-state index in [1.54, 1.807) is 5.38 Å². The fraction of sp³-hybridized carbons (Fsp3) is 0.185. The van der Waals surface area contributed by atoms with E-state index in [0.29, 0.717) is 22.8 Å². The summed E-state index contributed by atoms with van der Waals surface area (Å²) in [4.78, 5) is 33.8. The number of rotatable bonds is 5. The van der Waals surface area contributed by atoms with Gasteiger partial charge in [0.1, 0.15) is 6.61 Å². The molecule has 9 heteroatoms. The number of aromatic nitrogens is 2. The predicted molar refractivity (Wildman–Crippen MR) is 136 cm³/mol. The minimum absolute atomic E-state index is 0.0141. The number of allylic oxidation sites excluding steroid dienone is 1. The van der Waals surface area contributed by atoms with Gasteiger partial charge in [-0.2, -0.15) is 0 Å². The van der Waals surface area contributed by atoms with Gasteiger partial charge in [-0.3, -0.25) is 4.79 Å². The van der Waals surface area contributed by atoms with Crippen LogP contribution in [0.5, 0.6) is 11.5 Å². The second-order valence-corrected chi connectivity index (χ2v) is 9.37. The fourth-order valence-corrected chi connectivity index (χ4v) is 5.25. The lowest BCUT2D eigenvalue weighted by atomic mass is 10.0. The molecule has 1 N–H and O–H groups in total. The molecule has 0 saturated heterocycles. The van der Waals surface area contributed by atoms with Crippen LogP contribution in [0.1, 0.15) is 46.2 Å². The average molecular weight is 500 g/mol. The number of nitrogens with zero attached hydrogens (tertiary/aromatic N) is 2. The van der Waals surface area contributed by atoms with Crippen molar-refractivity contribution in [1.29, 1.82) is 0 Å². The summed E-state index contributed by atoms with van der Waals surface area (Å²) >= 11 is 1.29. The highest BCUT2D eigenvalue weighted by Gasteiger charge is 2.28. The minimum Gasteiger partial charge on any atom is -0.456 e. The lowest BCUT2D eigenvalue weighted by Gasteiger charge is -2.12. The first-order valence-electron chi connectivity index (χ1n) is 11.5. The highest BCUT2D eigenvalue weighted by molar-refractivity contribution is 7.13. The Balaban J connectivity index is 1.32. The summed E-state index contributed by atoms with van der Waals surface area (Å²) in [5.74, 6) is 0.851. The van der Waals surface area contributed by atoms with Crippen molar-refractivity contribution >= 4 is 50.9 Å². The number of hydrogen-bond donors (Lipinski definition) is 1. The van der Waals surface area contributed by atoms with Gasteiger partial charge in [0.15, 0.2) is 16.6 Å². The van der Waals surface area contributed by atoms with Crippen molar-refractivity contribution in [2.24, 2.45) is 0 Å². The molecule has 4 aromatic rings. The van der Waals surface area contributed by atoms with Crippen molar-refractivity contribution in [1.82, 2.24) is 9.97 Å². The van der Waals surface area contributed by atoms with E-state index in [9.17, 15) is 9.59 Å². The third-order valence-corrected chi connectivity index (χ3v) is 6.88. The van der Waals surface area contributed by atoms with Gasteiger partial charge in [0.05, 0.1) is 22.5 Å². The molecule has 180 valence electrons. The second kappa shape index (κ2) is 9.09. The first-order valence-corrected chi connectivity index (χ1v) is 12.3. The topological polar surface area (TPSA) is 99.6 Å². The highest BCUT2D eigenvalue weighted by Crippen LogP contribution is 2.39. The van der Waals surface area contributed by atoms with Gasteiger partial charge in [0.25, 0.3) is 0 Å². The molecule has 1 aliphatic carbocycles. The molecular weight excluding hydrogens is 478 g/mol. The van der Waals surface area contributed by atoms with Crippen LogP contribution in [0, 0.1) is 0 Å². The summed E-state index contributed by atoms with van der Waals surface area (Å²) in [6.45, 7) is 1.67. The van der Waals surface area contributed by atoms with Crippen LogP contribution in [-0.4, -0.2) is 28.6 Å². The van der Waals surface area contributed by atoms with E-state index in [2.05, 4.69) is 16.4 Å². The number of carbonyl (C=O) groups excluding carboxylic acids is 2. The Morgan fingerprint density at radius 1 is 1.11 bits per heavy atom. The van der Waals surface area contributed by atoms with E-state index < -0.39 is 5.97 Å². The van der Waals surface area contributed by atoms with Gasteiger partial charge in [-0.05, 0) is 53.8 Å². The summed E-state index contributed by atoms with van der Waals surface area (Å²) in [6, 6.07) is 13.4. The highest BCUT2D eigenvalue weighted by atomic mass is 32.1. The van der Waals surface area contributed by atoms with Crippen molar-refractivity contribution in [3.8, 4) is 11.5 Å². The zero-order valence-corrected chi connectivity index (χ0v) is 20.2. The number of esters is 1. The van der Waals surface area contributed by atoms with Gasteiger partial charge in [-0.15, -0.1) is 11.3 Å². The molecule has 0 saturated carbocycles. The fourth-order valence-electron chi connectivity index (χ4n) is 4.51. The smallest absolute Gasteiger partial charge is 0.339 e. The van der Waals surface area contributed by atoms with Gasteiger partial charge in [-0.25, -0.2) is 14.8 Å². The van der Waals surface area contributed by atoms with Crippen LogP contribution in [0.15, 0.2) is 47.8 Å². The van der Waals surface area contributed by atoms with Crippen molar-refractivity contribution in [3.05, 3.63) is 75.9 Å². The Labute approximate surface area is 210 Å². The third-order valence-electron chi connectivity index (χ3n) is 6.07. The average Bonchev–Trinajstić information content (AvgIpc) is 3.61. The summed E-state index contributed by atoms with van der Waals surface area (Å²) in [5, 5.41) is 5.64. The third kappa shape index (κ3) is 4.18. The standard InChI is InChI=1S/C27H21N3O5S/c1-15(31)28-27-29-18(13-36-27)12-33-26(32)24-19-4-2-3-5-21(19)30-25-17(7-8-20(24)25)10-16-6-9-22-23(11-16)35-14-34-22/h2-6,9-11,13H,7-8,12,14H2,1H3,(H,28,29,31)/b17-10+. The molecule has 2 aromatic carbocycles. The zero-order chi connectivity index (χ0) is 24.6. The number of amides is 1. The number of thiazole rings is 1. The Morgan fingerprint density at radius 3 is 2.86 bits per heavy atom. The molecule has 3 heterocycles. The number of para-hydroxylation sites is 1. The second-order valence-electron chi connectivity index (χ2n) is 8.51. The maximum Gasteiger partial charge on any atom is 0.339 e. The van der Waals surface area contributed by atoms with Crippen LogP contribution in [0.25, 0.3) is 22.6 Å². The van der Waals surface area contributed by atoms with Crippen molar-refractivity contribution in [3.63, 3.8) is 0 Å². The van der Waals surface area contributed by atoms with E-state index in [4.69, 9.17) is 19.2 Å². The molecule has 0 bridgehead atoms. The maximum atomic E-state index is 13.4. The first kappa shape index (κ1) is 22.2. The molecule has 6 rings (SSSR count). The summed E-state index contributed by atoms with van der Waals surface area (Å²) in [7, 11) is 0. The predicted octanol–water partition coefficient (Wildman–Crippen LogP) is 5.22. The monoisotopic (exact) mass is 499 g/mol. The van der Waals surface area contributed by atoms with Crippen molar-refractivity contribution in [2.45, 2.75) is 26.4 Å². The van der Waals surface area contributed by atoms with Crippen molar-refractivity contribution < 1.29 is 23.8 Å². The summed E-state index contributed by atoms with van der Waals surface area (Å²) < 4.78 is 16.6. The van der Waals surface area contributed by atoms with Gasteiger partial charge in [-0.1, -0.05) is 24.3 Å². The van der Waals surface area contributed by atoms with Gasteiger partial charge >= 0.3 is 5.97 Å². The lowest BCUT2D eigenvalue weighted by Crippen LogP contribution is -2.11. The summed E-state index contributed by atoms with van der Waals surface area (Å²) in [5.41, 5.74) is 5.62. The largest absolute Gasteiger partial charge is 0.456 e. The molecule has 1 amide bonds. The van der Waals surface area contributed by atoms with Gasteiger partial charge in [0.2, 0.25) is 12.7 Å². The quantitative estimate of drug-likeness (QED) is 0.376. The van der Waals surface area contributed by atoms with Crippen LogP contribution in [0.4, 0.5) is 5.13 Å². The van der Waals surface area contributed by atoms with Crippen molar-refractivity contribution in [2.75, 3.05) is 12.1 Å². The van der Waals surface area contributed by atoms with Crippen LogP contribution in [0.3, 0.4) is 0 Å². The number of hydrogen-bond acceptors (Lipinski definition) is 8. The molecule has 0 fully saturated rings. The number of ether oxygens (including phenoxy) is 3. The van der Waals surface area contributed by atoms with E-state index >= 15 is 0 Å². The minimum atomic E-state index is -0.414. The summed E-state index contributed by atoms with van der Waals surface area (Å²) in [6.07, 6.45) is 3.54. The Kier molecular flexibility index (Phi) is 5.61. The number of pyridine rings is 1. The molecular formula is C27H21N3O5S. The normalized spacial score (nSPS) is 14.8. The Hall–Kier alpha value is -4.24. The Bertz CT molecular complexity index is 1560. The molecule has 2 aromatic heterocycles. The van der Waals surface area contributed by atoms with Crippen LogP contribution in [0.2, 0.25) is 0 Å². The van der Waals surface area contributed by atoms with E-state index in [-0.39, 0.29) is 19.3 Å². The maximum absolute atomic E-state index is 13.4. The van der Waals surface area contributed by atoms with Crippen LogP contribution < -0.4 is 14.8 Å². The molecule has 36 heavy (non-hydrogen) atoms. The number of carbonyl (C=O) groups is 2. The zero-order valence-electron chi connectivity index (χ0n) is 19.4. The lowest BCUT2D eigenvalue weighted by molar-refractivity contribution is -0.114. The molecule has 0 spiro atoms. The molecule has 8 nitrogen and oxygen atoms in total. The van der Waals surface area contributed by atoms with Gasteiger partial charge in [0, 0.05) is 17.7 Å². The Morgan fingerprint density at radius 2 is 1.97 bits per heavy atom. The molecule has 0 atom stereocenters. The van der Waals surface area contributed by atoms with Gasteiger partial charge < -0.3 is 19.5 Å². The molecule has 0 unspecified atom stereocenters. The van der Waals surface area contributed by atoms with E-state index in [1.807, 2.05) is 42.5 Å². The van der Waals surface area contributed by atoms with Crippen LogP contribution in [-0.2, 0) is 22.6 Å². The van der Waals surface area contributed by atoms with Crippen LogP contribution >= 0.6 is 11.3 Å². The SMILES string of the molecule is CC(=O)Nc1nc(COC(=O)c2c3c(nc4ccccc24)/C(=C/c2ccc4c(c2)OCO4)CC3)cs1. The number of fused-ring (bicyclic) bond motifs is 3. The molecule has 0 radical (unpaired) electrons. The number of benzene rings is 2. The number of nitrogens with one attached hydrogen (secondary N) is 1.